The topological polar surface area (TPSA) is 98.0 Å². The summed E-state index contributed by atoms with van der Waals surface area (Å²) in [6.45, 7) is 6.45. The largest absolute Gasteiger partial charge is 0.517 e. The molecule has 1 fully saturated rings. The van der Waals surface area contributed by atoms with Crippen LogP contribution in [0, 0.1) is 0 Å². The molecular weight excluding hydrogens is 300 g/mol. The number of hydrogen-bond donors (Lipinski definition) is 1. The number of nitrogens with zero attached hydrogens (tertiary/aromatic N) is 3. The Kier molecular flexibility index (Phi) is 5.05. The second kappa shape index (κ2) is 6.82. The lowest BCUT2D eigenvalue weighted by Gasteiger charge is -2.39. The van der Waals surface area contributed by atoms with Crippen LogP contribution in [0.15, 0.2) is 24.5 Å². The number of rotatable bonds is 1. The SMILES string of the molecule is CC(C)(C)OC(=O)OC(=O)N1CCN(c2ccncc2)CC1N. The predicted octanol–water partition coefficient (Wildman–Crippen LogP) is 1.56. The minimum Gasteiger partial charge on any atom is -0.428 e. The molecule has 8 heteroatoms. The van der Waals surface area contributed by atoms with Gasteiger partial charge < -0.3 is 20.1 Å². The summed E-state index contributed by atoms with van der Waals surface area (Å²) >= 11 is 0. The van der Waals surface area contributed by atoms with Crippen molar-refractivity contribution in [2.75, 3.05) is 24.5 Å². The molecule has 1 aromatic heterocycles. The molecule has 1 aliphatic rings. The maximum absolute atomic E-state index is 12.0. The lowest BCUT2D eigenvalue weighted by atomic mass is 10.2. The molecule has 2 N–H and O–H groups in total. The molecule has 0 aliphatic carbocycles. The minimum atomic E-state index is -1.02. The van der Waals surface area contributed by atoms with Crippen LogP contribution >= 0.6 is 0 Å². The molecule has 1 saturated heterocycles. The van der Waals surface area contributed by atoms with E-state index in [2.05, 4.69) is 4.98 Å². The van der Waals surface area contributed by atoms with E-state index in [1.54, 1.807) is 33.2 Å². The summed E-state index contributed by atoms with van der Waals surface area (Å²) in [5.41, 5.74) is 6.29. The highest BCUT2D eigenvalue weighted by atomic mass is 16.8. The monoisotopic (exact) mass is 322 g/mol. The van der Waals surface area contributed by atoms with Gasteiger partial charge >= 0.3 is 12.2 Å². The molecule has 8 nitrogen and oxygen atoms in total. The minimum absolute atomic E-state index is 0.352. The van der Waals surface area contributed by atoms with Gasteiger partial charge in [-0.25, -0.2) is 9.59 Å². The third-order valence-electron chi connectivity index (χ3n) is 3.24. The van der Waals surface area contributed by atoms with Crippen molar-refractivity contribution in [1.29, 1.82) is 0 Å². The Labute approximate surface area is 135 Å². The Morgan fingerprint density at radius 3 is 2.48 bits per heavy atom. The van der Waals surface area contributed by atoms with E-state index in [4.69, 9.17) is 15.2 Å². The number of nitrogens with two attached hydrogens (primary N) is 1. The zero-order valence-corrected chi connectivity index (χ0v) is 13.6. The van der Waals surface area contributed by atoms with Crippen LogP contribution in [0.25, 0.3) is 0 Å². The standard InChI is InChI=1S/C15H22N4O4/c1-15(2,3)23-14(21)22-13(20)19-9-8-18(10-12(19)16)11-4-6-17-7-5-11/h4-7,12H,8-10,16H2,1-3H3. The molecule has 23 heavy (non-hydrogen) atoms. The van der Waals surface area contributed by atoms with Crippen LogP contribution < -0.4 is 10.6 Å². The first-order chi connectivity index (χ1) is 10.8. The molecule has 0 spiro atoms. The molecule has 126 valence electrons. The van der Waals surface area contributed by atoms with Crippen molar-refractivity contribution in [3.05, 3.63) is 24.5 Å². The van der Waals surface area contributed by atoms with E-state index in [-0.39, 0.29) is 0 Å². The van der Waals surface area contributed by atoms with Crippen molar-refractivity contribution in [1.82, 2.24) is 9.88 Å². The summed E-state index contributed by atoms with van der Waals surface area (Å²) in [4.78, 5) is 30.9. The second-order valence-corrected chi connectivity index (χ2v) is 6.24. The van der Waals surface area contributed by atoms with Crippen LogP contribution in [0.2, 0.25) is 0 Å². The molecule has 1 amide bonds. The number of pyridine rings is 1. The van der Waals surface area contributed by atoms with Crippen LogP contribution in [-0.4, -0.2) is 53.5 Å². The molecule has 0 bridgehead atoms. The van der Waals surface area contributed by atoms with E-state index in [1.165, 1.54) is 4.90 Å². The Balaban J connectivity index is 1.90. The molecule has 0 aromatic carbocycles. The Morgan fingerprint density at radius 2 is 1.91 bits per heavy atom. The highest BCUT2D eigenvalue weighted by Gasteiger charge is 2.31. The first-order valence-electron chi connectivity index (χ1n) is 7.38. The maximum Gasteiger partial charge on any atom is 0.517 e. The van der Waals surface area contributed by atoms with Gasteiger partial charge in [0.15, 0.2) is 0 Å². The van der Waals surface area contributed by atoms with Crippen LogP contribution in [-0.2, 0) is 9.47 Å². The zero-order valence-electron chi connectivity index (χ0n) is 13.6. The van der Waals surface area contributed by atoms with E-state index >= 15 is 0 Å². The zero-order chi connectivity index (χ0) is 17.0. The Bertz CT molecular complexity index is 558. The fourth-order valence-electron chi connectivity index (χ4n) is 2.23. The molecule has 1 atom stereocenters. The number of ether oxygens (including phenoxy) is 2. The molecule has 2 heterocycles. The number of carbonyl (C=O) groups is 2. The quantitative estimate of drug-likeness (QED) is 0.619. The van der Waals surface area contributed by atoms with Crippen molar-refractivity contribution < 1.29 is 19.1 Å². The van der Waals surface area contributed by atoms with E-state index in [0.29, 0.717) is 19.6 Å². The Hall–Kier alpha value is -2.35. The predicted molar refractivity (Wildman–Crippen MR) is 83.8 cm³/mol. The fraction of sp³-hybridized carbons (Fsp3) is 0.533. The van der Waals surface area contributed by atoms with Gasteiger partial charge in [-0.2, -0.15) is 0 Å². The van der Waals surface area contributed by atoms with E-state index in [1.807, 2.05) is 17.0 Å². The number of anilines is 1. The van der Waals surface area contributed by atoms with Gasteiger partial charge in [0, 0.05) is 31.2 Å². The molecule has 0 saturated carbocycles. The molecule has 1 aromatic rings. The third-order valence-corrected chi connectivity index (χ3v) is 3.24. The molecular formula is C15H22N4O4. The van der Waals surface area contributed by atoms with Gasteiger partial charge in [0.1, 0.15) is 11.8 Å². The lowest BCUT2D eigenvalue weighted by Crippen LogP contribution is -2.59. The molecule has 1 aliphatic heterocycles. The number of piperazine rings is 1. The molecule has 1 unspecified atom stereocenters. The first kappa shape index (κ1) is 17.0. The van der Waals surface area contributed by atoms with E-state index < -0.39 is 24.0 Å². The normalized spacial score (nSPS) is 18.5. The second-order valence-electron chi connectivity index (χ2n) is 6.24. The highest BCUT2D eigenvalue weighted by molar-refractivity contribution is 5.81. The third kappa shape index (κ3) is 4.82. The van der Waals surface area contributed by atoms with Gasteiger partial charge in [0.2, 0.25) is 0 Å². The van der Waals surface area contributed by atoms with Crippen LogP contribution in [0.5, 0.6) is 0 Å². The number of carbonyl (C=O) groups excluding carboxylic acids is 2. The average molecular weight is 322 g/mol. The summed E-state index contributed by atoms with van der Waals surface area (Å²) in [6, 6.07) is 3.75. The Morgan fingerprint density at radius 1 is 1.26 bits per heavy atom. The molecule has 0 radical (unpaired) electrons. The van der Waals surface area contributed by atoms with Gasteiger partial charge in [-0.3, -0.25) is 9.88 Å². The van der Waals surface area contributed by atoms with Gasteiger partial charge in [0.25, 0.3) is 0 Å². The van der Waals surface area contributed by atoms with Gasteiger partial charge in [-0.05, 0) is 32.9 Å². The summed E-state index contributed by atoms with van der Waals surface area (Å²) < 4.78 is 9.65. The van der Waals surface area contributed by atoms with E-state index in [0.717, 1.165) is 5.69 Å². The van der Waals surface area contributed by atoms with Crippen molar-refractivity contribution in [2.24, 2.45) is 5.73 Å². The fourth-order valence-corrected chi connectivity index (χ4v) is 2.23. The van der Waals surface area contributed by atoms with Gasteiger partial charge in [-0.1, -0.05) is 0 Å². The van der Waals surface area contributed by atoms with Crippen molar-refractivity contribution in [3.8, 4) is 0 Å². The van der Waals surface area contributed by atoms with Gasteiger partial charge in [0.05, 0.1) is 6.54 Å². The van der Waals surface area contributed by atoms with Crippen molar-refractivity contribution >= 4 is 17.9 Å². The van der Waals surface area contributed by atoms with Crippen LogP contribution in [0.3, 0.4) is 0 Å². The first-order valence-corrected chi connectivity index (χ1v) is 7.38. The number of aromatic nitrogens is 1. The summed E-state index contributed by atoms with van der Waals surface area (Å²) in [5, 5.41) is 0. The highest BCUT2D eigenvalue weighted by Crippen LogP contribution is 2.17. The van der Waals surface area contributed by atoms with Crippen LogP contribution in [0.4, 0.5) is 15.3 Å². The van der Waals surface area contributed by atoms with E-state index in [9.17, 15) is 9.59 Å². The summed E-state index contributed by atoms with van der Waals surface area (Å²) in [5.74, 6) is 0. The van der Waals surface area contributed by atoms with Gasteiger partial charge in [-0.15, -0.1) is 0 Å². The molecule has 2 rings (SSSR count). The van der Waals surface area contributed by atoms with Crippen molar-refractivity contribution in [3.63, 3.8) is 0 Å². The summed E-state index contributed by atoms with van der Waals surface area (Å²) in [7, 11) is 0. The van der Waals surface area contributed by atoms with Crippen LogP contribution in [0.1, 0.15) is 20.8 Å². The number of amides is 1. The lowest BCUT2D eigenvalue weighted by molar-refractivity contribution is 0.00000766. The average Bonchev–Trinajstić information content (AvgIpc) is 2.45. The maximum atomic E-state index is 12.0. The van der Waals surface area contributed by atoms with Crippen molar-refractivity contribution in [2.45, 2.75) is 32.5 Å². The number of hydrogen-bond acceptors (Lipinski definition) is 7. The summed E-state index contributed by atoms with van der Waals surface area (Å²) in [6.07, 6.45) is 1.01. The smallest absolute Gasteiger partial charge is 0.428 e.